The average Bonchev–Trinajstić information content (AvgIpc) is 3.22. The van der Waals surface area contributed by atoms with Gasteiger partial charge in [0, 0.05) is 22.1 Å². The van der Waals surface area contributed by atoms with Crippen LogP contribution in [0.1, 0.15) is 109 Å². The number of hydrogen-bond acceptors (Lipinski definition) is 3. The van der Waals surface area contributed by atoms with Crippen molar-refractivity contribution in [1.29, 1.82) is 5.26 Å². The minimum Gasteiger partial charge on any atom is -0.228 e. The third kappa shape index (κ3) is 6.77. The second-order valence-corrected chi connectivity index (χ2v) is 19.9. The zero-order valence-corrected chi connectivity index (χ0v) is 34.8. The van der Waals surface area contributed by atoms with Crippen LogP contribution in [-0.4, -0.2) is 9.97 Å². The molecule has 0 spiro atoms. The van der Waals surface area contributed by atoms with Gasteiger partial charge in [0.1, 0.15) is 0 Å². The highest BCUT2D eigenvalue weighted by Crippen LogP contribution is 2.55. The highest BCUT2D eigenvalue weighted by Gasteiger charge is 2.46. The van der Waals surface area contributed by atoms with Gasteiger partial charge in [0.2, 0.25) is 0 Å². The van der Waals surface area contributed by atoms with E-state index in [-0.39, 0.29) is 0 Å². The molecule has 8 atom stereocenters. The van der Waals surface area contributed by atoms with Crippen molar-refractivity contribution >= 4 is 10.8 Å². The van der Waals surface area contributed by atoms with Crippen molar-refractivity contribution in [3.63, 3.8) is 0 Å². The maximum atomic E-state index is 9.76. The van der Waals surface area contributed by atoms with Crippen molar-refractivity contribution in [1.82, 2.24) is 9.97 Å². The van der Waals surface area contributed by atoms with Crippen LogP contribution in [-0.2, 0) is 10.8 Å². The summed E-state index contributed by atoms with van der Waals surface area (Å²) in [6.07, 6.45) is 13.4. The predicted octanol–water partition coefficient (Wildman–Crippen LogP) is 14.4. The van der Waals surface area contributed by atoms with Crippen molar-refractivity contribution in [3.05, 3.63) is 132 Å². The summed E-state index contributed by atoms with van der Waals surface area (Å²) in [5.74, 6) is 5.63. The molecule has 1 aromatic heterocycles. The maximum Gasteiger partial charge on any atom is 0.160 e. The molecule has 4 fully saturated rings. The fourth-order valence-corrected chi connectivity index (χ4v) is 13.4. The quantitative estimate of drug-likeness (QED) is 0.170. The Balaban J connectivity index is 1.03. The smallest absolute Gasteiger partial charge is 0.160 e. The Morgan fingerprint density at radius 2 is 0.914 bits per heavy atom. The van der Waals surface area contributed by atoms with E-state index in [9.17, 15) is 5.26 Å². The lowest BCUT2D eigenvalue weighted by Crippen LogP contribution is -2.42. The number of aromatic nitrogens is 2. The van der Waals surface area contributed by atoms with Crippen molar-refractivity contribution in [3.8, 4) is 51.1 Å². The molecule has 4 unspecified atom stereocenters. The lowest BCUT2D eigenvalue weighted by molar-refractivity contribution is 0.0779. The summed E-state index contributed by atoms with van der Waals surface area (Å²) in [5.41, 5.74) is 11.7. The first kappa shape index (κ1) is 37.2. The van der Waals surface area contributed by atoms with Crippen LogP contribution in [0.5, 0.6) is 0 Å². The molecule has 0 saturated heterocycles. The maximum absolute atomic E-state index is 9.76. The summed E-state index contributed by atoms with van der Waals surface area (Å²) in [6, 6.07) is 44.5. The molecular weight excluding hydrogens is 703 g/mol. The molecule has 5 aromatic carbocycles. The van der Waals surface area contributed by atoms with E-state index < -0.39 is 0 Å². The molecule has 4 saturated carbocycles. The first-order valence-corrected chi connectivity index (χ1v) is 22.3. The van der Waals surface area contributed by atoms with Gasteiger partial charge in [-0.25, -0.2) is 9.97 Å². The van der Waals surface area contributed by atoms with Crippen LogP contribution in [0.15, 0.2) is 115 Å². The van der Waals surface area contributed by atoms with Gasteiger partial charge in [0.05, 0.1) is 23.0 Å². The Morgan fingerprint density at radius 3 is 1.40 bits per heavy atom. The number of rotatable bonds is 6. The molecular formula is C55H57N3. The largest absolute Gasteiger partial charge is 0.228 e. The molecule has 1 heterocycles. The summed E-state index contributed by atoms with van der Waals surface area (Å²) < 4.78 is 0. The van der Waals surface area contributed by atoms with Crippen molar-refractivity contribution in [2.75, 3.05) is 0 Å². The van der Waals surface area contributed by atoms with E-state index in [4.69, 9.17) is 9.97 Å². The highest BCUT2D eigenvalue weighted by molar-refractivity contribution is 5.99. The zero-order valence-electron chi connectivity index (χ0n) is 34.8. The topological polar surface area (TPSA) is 49.6 Å². The predicted molar refractivity (Wildman–Crippen MR) is 239 cm³/mol. The van der Waals surface area contributed by atoms with Crippen molar-refractivity contribution in [2.45, 2.75) is 103 Å². The normalized spacial score (nSPS) is 29.2. The second-order valence-electron chi connectivity index (χ2n) is 19.9. The third-order valence-electron chi connectivity index (χ3n) is 15.1. The van der Waals surface area contributed by atoms with E-state index >= 15 is 0 Å². The van der Waals surface area contributed by atoms with E-state index in [1.165, 1.54) is 75.3 Å². The Kier molecular flexibility index (Phi) is 9.39. The summed E-state index contributed by atoms with van der Waals surface area (Å²) in [6.45, 7) is 9.89. The molecule has 3 heteroatoms. The molecule has 0 aliphatic heterocycles. The van der Waals surface area contributed by atoms with Crippen LogP contribution in [0, 0.1) is 46.8 Å². The fraction of sp³-hybridized carbons (Fsp3) is 0.400. The Bertz CT molecular complexity index is 2360. The Labute approximate surface area is 346 Å². The van der Waals surface area contributed by atoms with Crippen LogP contribution in [0.3, 0.4) is 0 Å². The molecule has 6 aromatic rings. The van der Waals surface area contributed by atoms with Gasteiger partial charge in [-0.1, -0.05) is 131 Å². The van der Waals surface area contributed by atoms with Crippen molar-refractivity contribution in [2.24, 2.45) is 35.5 Å². The first-order chi connectivity index (χ1) is 28.2. The lowest BCUT2D eigenvalue weighted by Gasteiger charge is -2.50. The van der Waals surface area contributed by atoms with E-state index in [0.717, 1.165) is 91.3 Å². The van der Waals surface area contributed by atoms with E-state index in [1.54, 1.807) is 0 Å². The van der Waals surface area contributed by atoms with Gasteiger partial charge in [-0.15, -0.1) is 0 Å². The Hall–Kier alpha value is -5.07. The Morgan fingerprint density at radius 1 is 0.483 bits per heavy atom. The van der Waals surface area contributed by atoms with Gasteiger partial charge in [-0.2, -0.15) is 5.26 Å². The molecule has 3 nitrogen and oxygen atoms in total. The van der Waals surface area contributed by atoms with Gasteiger partial charge < -0.3 is 0 Å². The average molecular weight is 760 g/mol. The molecule has 0 amide bonds. The van der Waals surface area contributed by atoms with Crippen LogP contribution >= 0.6 is 0 Å². The first-order valence-electron chi connectivity index (χ1n) is 22.3. The van der Waals surface area contributed by atoms with Crippen molar-refractivity contribution < 1.29 is 0 Å². The minimum absolute atomic E-state index is 0.294. The molecule has 292 valence electrons. The molecule has 10 rings (SSSR count). The number of hydrogen-bond donors (Lipinski definition) is 0. The SMILES string of the molecule is C[C@@H]1CC2C[C@H](C)CC(c3ccc(-c4cc(-c5ccc(-c6ccc(C#N)c7ccccc67)cc5)nc(-c5ccc(C67CC(C[C@@H](C)C6)C[C@H](C)C7)cc5)n4)cc3)(C2)C1. The number of nitriles is 1. The molecule has 4 aliphatic carbocycles. The van der Waals surface area contributed by atoms with E-state index in [0.29, 0.717) is 16.4 Å². The van der Waals surface area contributed by atoms with Gasteiger partial charge in [-0.05, 0) is 150 Å². The number of benzene rings is 5. The number of fused-ring (bicyclic) bond motifs is 5. The molecule has 0 radical (unpaired) electrons. The molecule has 0 N–H and O–H groups in total. The molecule has 4 bridgehead atoms. The van der Waals surface area contributed by atoms with Crippen LogP contribution in [0.25, 0.3) is 55.8 Å². The molecule has 4 aliphatic rings. The second kappa shape index (κ2) is 14.6. The van der Waals surface area contributed by atoms with Gasteiger partial charge in [-0.3, -0.25) is 0 Å². The highest BCUT2D eigenvalue weighted by atomic mass is 14.9. The van der Waals surface area contributed by atoms with Gasteiger partial charge >= 0.3 is 0 Å². The summed E-state index contributed by atoms with van der Waals surface area (Å²) in [7, 11) is 0. The minimum atomic E-state index is 0.294. The third-order valence-corrected chi connectivity index (χ3v) is 15.1. The summed E-state index contributed by atoms with van der Waals surface area (Å²) >= 11 is 0. The number of nitrogens with zero attached hydrogens (tertiary/aromatic N) is 3. The van der Waals surface area contributed by atoms with Crippen LogP contribution in [0.2, 0.25) is 0 Å². The van der Waals surface area contributed by atoms with E-state index in [2.05, 4.69) is 125 Å². The van der Waals surface area contributed by atoms with Gasteiger partial charge in [0.25, 0.3) is 0 Å². The monoisotopic (exact) mass is 759 g/mol. The molecule has 58 heavy (non-hydrogen) atoms. The fourth-order valence-electron chi connectivity index (χ4n) is 13.4. The summed E-state index contributed by atoms with van der Waals surface area (Å²) in [5, 5.41) is 11.8. The zero-order chi connectivity index (χ0) is 39.6. The lowest BCUT2D eigenvalue weighted by atomic mass is 9.54. The standard InChI is InChI=1S/C55H57N3/c1-35-23-39-24-36(2)29-54(28-35,32-39)46-18-13-43(14-19-46)52-27-51(42-11-9-41(10-12-42)49-22-17-45(34-56)48-7-5-6-8-50(48)49)57-53(58-52)44-15-20-47(21-16-44)55-30-37(3)25-40(33-55)26-38(4)31-55/h5-22,27,35-40H,23-26,28-33H2,1-4H3/t35-,36+,37-,38+,39?,40?,54?,55?. The van der Waals surface area contributed by atoms with E-state index in [1.807, 2.05) is 24.3 Å². The van der Waals surface area contributed by atoms with Gasteiger partial charge in [0.15, 0.2) is 5.82 Å². The van der Waals surface area contributed by atoms with Crippen LogP contribution < -0.4 is 0 Å². The van der Waals surface area contributed by atoms with Crippen LogP contribution in [0.4, 0.5) is 0 Å². The summed E-state index contributed by atoms with van der Waals surface area (Å²) in [4.78, 5) is 10.6.